The quantitative estimate of drug-likeness (QED) is 0.290. The summed E-state index contributed by atoms with van der Waals surface area (Å²) >= 11 is 3.88. The molecule has 0 rings (SSSR count). The molecular weight excluding hydrogens is 196 g/mol. The van der Waals surface area contributed by atoms with Gasteiger partial charge in [0.05, 0.1) is 0 Å². The first-order valence-electron chi connectivity index (χ1n) is 4.61. The normalized spacial score (nSPS) is 11.1. The number of nitrogens with zero attached hydrogens (tertiary/aromatic N) is 2. The molecule has 0 atom stereocenters. The lowest BCUT2D eigenvalue weighted by molar-refractivity contribution is 0.507. The van der Waals surface area contributed by atoms with Gasteiger partial charge in [-0.15, -0.1) is 0 Å². The molecular formula is C9H20N4S. The van der Waals surface area contributed by atoms with Crippen LogP contribution in [0.3, 0.4) is 0 Å². The lowest BCUT2D eigenvalue weighted by Crippen LogP contribution is -2.42. The van der Waals surface area contributed by atoms with E-state index in [9.17, 15) is 0 Å². The van der Waals surface area contributed by atoms with Crippen molar-refractivity contribution in [3.8, 4) is 0 Å². The van der Waals surface area contributed by atoms with Gasteiger partial charge in [-0.2, -0.15) is 4.83 Å². The summed E-state index contributed by atoms with van der Waals surface area (Å²) in [6, 6.07) is 0. The summed E-state index contributed by atoms with van der Waals surface area (Å²) in [7, 11) is 1.97. The van der Waals surface area contributed by atoms with E-state index in [1.54, 1.807) is 0 Å². The average Bonchev–Trinajstić information content (AvgIpc) is 2.15. The number of aliphatic imine (C=N–C) groups is 1. The summed E-state index contributed by atoms with van der Waals surface area (Å²) in [6.07, 6.45) is 0. The van der Waals surface area contributed by atoms with Crippen LogP contribution >= 0.6 is 12.8 Å². The predicted molar refractivity (Wildman–Crippen MR) is 65.0 cm³/mol. The molecule has 82 valence electrons. The summed E-state index contributed by atoms with van der Waals surface area (Å²) in [5.74, 6) is 0.765. The number of nitrogens with one attached hydrogen (secondary N) is 2. The molecule has 0 unspecified atom stereocenters. The monoisotopic (exact) mass is 216 g/mol. The Kier molecular flexibility index (Phi) is 6.40. The van der Waals surface area contributed by atoms with Crippen molar-refractivity contribution in [3.63, 3.8) is 0 Å². The second kappa shape index (κ2) is 6.73. The first-order valence-corrected chi connectivity index (χ1v) is 5.06. The van der Waals surface area contributed by atoms with E-state index in [0.717, 1.165) is 18.2 Å². The van der Waals surface area contributed by atoms with E-state index in [1.807, 2.05) is 32.7 Å². The lowest BCUT2D eigenvalue weighted by Gasteiger charge is -2.19. The largest absolute Gasteiger partial charge is 0.345 e. The van der Waals surface area contributed by atoms with Crippen molar-refractivity contribution < 1.29 is 0 Å². The Morgan fingerprint density at radius 2 is 1.93 bits per heavy atom. The van der Waals surface area contributed by atoms with Crippen molar-refractivity contribution in [1.29, 1.82) is 0 Å². The summed E-state index contributed by atoms with van der Waals surface area (Å²) in [5, 5.41) is 0. The molecule has 0 aromatic heterocycles. The van der Waals surface area contributed by atoms with Gasteiger partial charge in [-0.25, -0.2) is 4.99 Å². The number of hydrazine groups is 1. The van der Waals surface area contributed by atoms with Gasteiger partial charge in [-0.3, -0.25) is 5.43 Å². The zero-order chi connectivity index (χ0) is 11.1. The van der Waals surface area contributed by atoms with Gasteiger partial charge in [0.25, 0.3) is 0 Å². The minimum atomic E-state index is 0.765. The molecule has 0 aromatic carbocycles. The summed E-state index contributed by atoms with van der Waals surface area (Å²) in [6.45, 7) is 9.01. The topological polar surface area (TPSA) is 39.7 Å². The number of hydrogen-bond donors (Lipinski definition) is 3. The van der Waals surface area contributed by atoms with Crippen LogP contribution in [0.4, 0.5) is 0 Å². The number of thiol groups is 1. The van der Waals surface area contributed by atoms with E-state index in [4.69, 9.17) is 0 Å². The molecule has 0 radical (unpaired) electrons. The molecule has 0 saturated carbocycles. The smallest absolute Gasteiger partial charge is 0.213 e. The Morgan fingerprint density at radius 1 is 1.36 bits per heavy atom. The summed E-state index contributed by atoms with van der Waals surface area (Å²) < 4.78 is 0. The Bertz CT molecular complexity index is 231. The molecule has 0 heterocycles. The van der Waals surface area contributed by atoms with Crippen LogP contribution in [-0.2, 0) is 0 Å². The van der Waals surface area contributed by atoms with Crippen molar-refractivity contribution in [2.45, 2.75) is 27.7 Å². The van der Waals surface area contributed by atoms with Gasteiger partial charge in [0.2, 0.25) is 5.96 Å². The van der Waals surface area contributed by atoms with E-state index >= 15 is 0 Å². The van der Waals surface area contributed by atoms with Crippen molar-refractivity contribution >= 4 is 18.8 Å². The highest BCUT2D eigenvalue weighted by Crippen LogP contribution is 2.03. The Balaban J connectivity index is 4.72. The molecule has 0 spiro atoms. The standard InChI is InChI=1S/C9H20N4S/c1-6-13(5)9(11-12-14)10-8(4)7(2)3/h12,14H,6H2,1-5H3,(H,10,11). The minimum absolute atomic E-state index is 0.765. The number of guanidine groups is 1. The fourth-order valence-corrected chi connectivity index (χ4v) is 0.779. The van der Waals surface area contributed by atoms with Gasteiger partial charge in [0.1, 0.15) is 0 Å². The van der Waals surface area contributed by atoms with Gasteiger partial charge in [-0.1, -0.05) is 18.4 Å². The highest BCUT2D eigenvalue weighted by molar-refractivity contribution is 7.78. The zero-order valence-corrected chi connectivity index (χ0v) is 10.4. The van der Waals surface area contributed by atoms with Crippen LogP contribution in [0.2, 0.25) is 0 Å². The third kappa shape index (κ3) is 4.53. The lowest BCUT2D eigenvalue weighted by atomic mass is 10.3. The summed E-state index contributed by atoms with van der Waals surface area (Å²) in [5.41, 5.74) is 5.09. The molecule has 0 aliphatic heterocycles. The van der Waals surface area contributed by atoms with Crippen LogP contribution in [0.1, 0.15) is 27.7 Å². The maximum absolute atomic E-state index is 4.44. The van der Waals surface area contributed by atoms with Crippen molar-refractivity contribution in [2.24, 2.45) is 4.99 Å². The molecule has 0 aliphatic rings. The maximum atomic E-state index is 4.44. The second-order valence-electron chi connectivity index (χ2n) is 3.27. The second-order valence-corrected chi connectivity index (χ2v) is 3.50. The number of hydrogen-bond acceptors (Lipinski definition) is 3. The number of rotatable bonds is 3. The SMILES string of the molecule is CCN(C)C(=NC(C)=C(C)C)NNS. The van der Waals surface area contributed by atoms with Crippen LogP contribution in [0.15, 0.2) is 16.3 Å². The molecule has 5 heteroatoms. The van der Waals surface area contributed by atoms with Crippen molar-refractivity contribution in [2.75, 3.05) is 13.6 Å². The van der Waals surface area contributed by atoms with E-state index in [2.05, 4.69) is 35.0 Å². The molecule has 0 saturated heterocycles. The Labute approximate surface area is 92.0 Å². The van der Waals surface area contributed by atoms with Gasteiger partial charge >= 0.3 is 0 Å². The summed E-state index contributed by atoms with van der Waals surface area (Å²) in [4.78, 5) is 9.01. The van der Waals surface area contributed by atoms with Crippen LogP contribution in [0.25, 0.3) is 0 Å². The third-order valence-corrected chi connectivity index (χ3v) is 2.11. The van der Waals surface area contributed by atoms with E-state index < -0.39 is 0 Å². The minimum Gasteiger partial charge on any atom is -0.345 e. The third-order valence-electron chi connectivity index (χ3n) is 2.00. The van der Waals surface area contributed by atoms with Crippen molar-refractivity contribution in [3.05, 3.63) is 11.3 Å². The van der Waals surface area contributed by atoms with Gasteiger partial charge in [-0.05, 0) is 27.7 Å². The molecule has 0 amide bonds. The maximum Gasteiger partial charge on any atom is 0.213 e. The van der Waals surface area contributed by atoms with Crippen LogP contribution in [-0.4, -0.2) is 24.5 Å². The molecule has 14 heavy (non-hydrogen) atoms. The highest BCUT2D eigenvalue weighted by Gasteiger charge is 2.03. The van der Waals surface area contributed by atoms with E-state index in [-0.39, 0.29) is 0 Å². The highest BCUT2D eigenvalue weighted by atomic mass is 32.1. The van der Waals surface area contributed by atoms with Crippen molar-refractivity contribution in [1.82, 2.24) is 15.2 Å². The first kappa shape index (κ1) is 13.3. The Hall–Kier alpha value is -0.680. The Morgan fingerprint density at radius 3 is 2.29 bits per heavy atom. The van der Waals surface area contributed by atoms with Gasteiger partial charge < -0.3 is 4.90 Å². The fraction of sp³-hybridized carbons (Fsp3) is 0.667. The molecule has 0 aliphatic carbocycles. The fourth-order valence-electron chi connectivity index (χ4n) is 0.679. The van der Waals surface area contributed by atoms with Crippen LogP contribution in [0, 0.1) is 0 Å². The molecule has 2 N–H and O–H groups in total. The average molecular weight is 216 g/mol. The first-order chi connectivity index (χ1) is 6.52. The van der Waals surface area contributed by atoms with Crippen LogP contribution in [0.5, 0.6) is 0 Å². The molecule has 0 aromatic rings. The van der Waals surface area contributed by atoms with E-state index in [0.29, 0.717) is 0 Å². The molecule has 0 bridgehead atoms. The van der Waals surface area contributed by atoms with Gasteiger partial charge in [0.15, 0.2) is 0 Å². The van der Waals surface area contributed by atoms with Crippen LogP contribution < -0.4 is 10.3 Å². The molecule has 4 nitrogen and oxygen atoms in total. The number of allylic oxidation sites excluding steroid dienone is 2. The van der Waals surface area contributed by atoms with E-state index in [1.165, 1.54) is 5.57 Å². The van der Waals surface area contributed by atoms with Gasteiger partial charge in [0, 0.05) is 19.3 Å². The zero-order valence-electron chi connectivity index (χ0n) is 9.55. The molecule has 0 fully saturated rings. The predicted octanol–water partition coefficient (Wildman–Crippen LogP) is 1.55.